The minimum atomic E-state index is -0.849. The fourth-order valence-electron chi connectivity index (χ4n) is 4.01. The first-order valence-corrected chi connectivity index (χ1v) is 9.10. The lowest BCUT2D eigenvalue weighted by atomic mass is 10.0. The first kappa shape index (κ1) is 18.8. The van der Waals surface area contributed by atoms with E-state index in [1.165, 1.54) is 18.2 Å². The number of likely N-dealkylation sites (N-methyl/N-ethyl adjacent to an activating group) is 1. The van der Waals surface area contributed by atoms with Crippen LogP contribution in [-0.4, -0.2) is 59.0 Å². The smallest absolute Gasteiger partial charge is 0.317 e. The summed E-state index contributed by atoms with van der Waals surface area (Å²) in [6, 6.07) is 3.94. The number of amides is 1. The van der Waals surface area contributed by atoms with Gasteiger partial charge in [0.15, 0.2) is 0 Å². The van der Waals surface area contributed by atoms with Crippen LogP contribution in [0.2, 0.25) is 0 Å². The van der Waals surface area contributed by atoms with Crippen molar-refractivity contribution in [2.24, 2.45) is 5.92 Å². The van der Waals surface area contributed by atoms with Gasteiger partial charge in [0.05, 0.1) is 6.54 Å². The van der Waals surface area contributed by atoms with Crippen LogP contribution in [-0.2, 0) is 9.59 Å². The van der Waals surface area contributed by atoms with Crippen LogP contribution >= 0.6 is 0 Å². The van der Waals surface area contributed by atoms with E-state index in [0.717, 1.165) is 12.8 Å². The van der Waals surface area contributed by atoms with Crippen LogP contribution in [0.15, 0.2) is 18.2 Å². The van der Waals surface area contributed by atoms with Gasteiger partial charge in [-0.05, 0) is 37.9 Å². The third-order valence-corrected chi connectivity index (χ3v) is 5.52. The summed E-state index contributed by atoms with van der Waals surface area (Å²) in [6.07, 6.45) is 1.92. The molecule has 26 heavy (non-hydrogen) atoms. The quantitative estimate of drug-likeness (QED) is 0.840. The molecule has 2 atom stereocenters. The zero-order valence-electron chi connectivity index (χ0n) is 14.8. The lowest BCUT2D eigenvalue weighted by Crippen LogP contribution is -2.48. The van der Waals surface area contributed by atoms with Crippen LogP contribution < -0.4 is 0 Å². The number of nitrogens with zero attached hydrogens (tertiary/aromatic N) is 2. The van der Waals surface area contributed by atoms with Crippen LogP contribution in [0.5, 0.6) is 0 Å². The molecule has 0 bridgehead atoms. The van der Waals surface area contributed by atoms with Crippen LogP contribution in [0.4, 0.5) is 8.78 Å². The molecule has 2 unspecified atom stereocenters. The fraction of sp³-hybridized carbons (Fsp3) is 0.579. The van der Waals surface area contributed by atoms with E-state index in [2.05, 4.69) is 0 Å². The highest BCUT2D eigenvalue weighted by molar-refractivity contribution is 5.83. The maximum Gasteiger partial charge on any atom is 0.317 e. The summed E-state index contributed by atoms with van der Waals surface area (Å²) in [5.41, 5.74) is 0.0272. The molecule has 0 radical (unpaired) electrons. The van der Waals surface area contributed by atoms with Gasteiger partial charge in [-0.25, -0.2) is 8.78 Å². The summed E-state index contributed by atoms with van der Waals surface area (Å²) in [6.45, 7) is 3.71. The number of halogens is 2. The van der Waals surface area contributed by atoms with Crippen molar-refractivity contribution < 1.29 is 23.5 Å². The Bertz CT molecular complexity index is 669. The molecule has 1 saturated heterocycles. The number of carboxylic acids is 1. The number of hydrogen-bond acceptors (Lipinski definition) is 3. The van der Waals surface area contributed by atoms with Gasteiger partial charge in [-0.15, -0.1) is 0 Å². The Morgan fingerprint density at radius 3 is 2.38 bits per heavy atom. The van der Waals surface area contributed by atoms with E-state index in [4.69, 9.17) is 5.11 Å². The lowest BCUT2D eigenvalue weighted by Gasteiger charge is -2.37. The third-order valence-electron chi connectivity index (χ3n) is 5.52. The Morgan fingerprint density at radius 2 is 1.85 bits per heavy atom. The van der Waals surface area contributed by atoms with Crippen molar-refractivity contribution in [3.63, 3.8) is 0 Å². The molecule has 1 aromatic rings. The Labute approximate surface area is 151 Å². The molecule has 1 heterocycles. The maximum absolute atomic E-state index is 13.9. The van der Waals surface area contributed by atoms with Gasteiger partial charge in [0, 0.05) is 36.5 Å². The second-order valence-electron chi connectivity index (χ2n) is 7.10. The number of carbonyl (C=O) groups excluding carboxylic acids is 1. The van der Waals surface area contributed by atoms with Gasteiger partial charge >= 0.3 is 5.97 Å². The van der Waals surface area contributed by atoms with Crippen molar-refractivity contribution in [2.45, 2.75) is 38.1 Å². The number of likely N-dealkylation sites (tertiary alicyclic amines) is 1. The molecule has 1 N–H and O–H groups in total. The topological polar surface area (TPSA) is 60.9 Å². The summed E-state index contributed by atoms with van der Waals surface area (Å²) < 4.78 is 27.8. The van der Waals surface area contributed by atoms with E-state index in [1.807, 2.05) is 11.8 Å². The largest absolute Gasteiger partial charge is 0.480 e. The van der Waals surface area contributed by atoms with E-state index in [0.29, 0.717) is 26.1 Å². The van der Waals surface area contributed by atoms with Gasteiger partial charge in [0.1, 0.15) is 11.6 Å². The monoisotopic (exact) mass is 366 g/mol. The van der Waals surface area contributed by atoms with Gasteiger partial charge < -0.3 is 10.0 Å². The third kappa shape index (κ3) is 3.87. The number of benzene rings is 1. The summed E-state index contributed by atoms with van der Waals surface area (Å²) in [5, 5.41) is 8.98. The molecule has 5 nitrogen and oxygen atoms in total. The van der Waals surface area contributed by atoms with Gasteiger partial charge in [0.2, 0.25) is 5.91 Å². The van der Waals surface area contributed by atoms with Crippen molar-refractivity contribution >= 4 is 11.9 Å². The number of aliphatic carboxylic acids is 1. The van der Waals surface area contributed by atoms with Crippen molar-refractivity contribution in [1.82, 2.24) is 9.80 Å². The zero-order valence-corrected chi connectivity index (χ0v) is 14.8. The molecule has 1 aliphatic carbocycles. The van der Waals surface area contributed by atoms with Crippen LogP contribution in [0, 0.1) is 17.6 Å². The predicted octanol–water partition coefficient (Wildman–Crippen LogP) is 2.47. The summed E-state index contributed by atoms with van der Waals surface area (Å²) in [5.74, 6) is -2.79. The highest BCUT2D eigenvalue weighted by Gasteiger charge is 2.48. The Balaban J connectivity index is 1.56. The van der Waals surface area contributed by atoms with Crippen LogP contribution in [0.25, 0.3) is 0 Å². The fourth-order valence-corrected chi connectivity index (χ4v) is 4.01. The normalized spacial score (nSPS) is 23.3. The van der Waals surface area contributed by atoms with Crippen molar-refractivity contribution in [2.75, 3.05) is 26.2 Å². The molecular formula is C19H24F2N2O3. The molecule has 2 fully saturated rings. The molecule has 1 aromatic carbocycles. The van der Waals surface area contributed by atoms with Crippen LogP contribution in [0.3, 0.4) is 0 Å². The first-order valence-electron chi connectivity index (χ1n) is 9.10. The van der Waals surface area contributed by atoms with E-state index < -0.39 is 17.6 Å². The van der Waals surface area contributed by atoms with Crippen LogP contribution in [0.1, 0.15) is 37.7 Å². The SMILES string of the molecule is CCN(CC(=O)O)C1CCN(C(=O)C2CC2c2c(F)cccc2F)CC1. The molecule has 0 spiro atoms. The molecule has 1 amide bonds. The minimum Gasteiger partial charge on any atom is -0.480 e. The van der Waals surface area contributed by atoms with Gasteiger partial charge in [0.25, 0.3) is 0 Å². The second-order valence-corrected chi connectivity index (χ2v) is 7.10. The molecule has 0 aromatic heterocycles. The standard InChI is InChI=1S/C19H24F2N2O3/c1-2-22(11-17(24)25)12-6-8-23(9-7-12)19(26)14-10-13(14)18-15(20)4-3-5-16(18)21/h3-5,12-14H,2,6-11H2,1H3,(H,24,25). The highest BCUT2D eigenvalue weighted by Crippen LogP contribution is 2.50. The van der Waals surface area contributed by atoms with E-state index >= 15 is 0 Å². The average Bonchev–Trinajstić information content (AvgIpc) is 3.39. The minimum absolute atomic E-state index is 0.00632. The Morgan fingerprint density at radius 1 is 1.23 bits per heavy atom. The molecule has 3 rings (SSSR count). The second kappa shape index (κ2) is 7.70. The Kier molecular flexibility index (Phi) is 5.55. The number of piperidine rings is 1. The summed E-state index contributed by atoms with van der Waals surface area (Å²) in [4.78, 5) is 27.3. The zero-order chi connectivity index (χ0) is 18.8. The van der Waals surface area contributed by atoms with E-state index in [-0.39, 0.29) is 35.9 Å². The van der Waals surface area contributed by atoms with Gasteiger partial charge in [-0.2, -0.15) is 0 Å². The van der Waals surface area contributed by atoms with Crippen molar-refractivity contribution in [1.29, 1.82) is 0 Å². The molecule has 142 valence electrons. The summed E-state index contributed by atoms with van der Waals surface area (Å²) in [7, 11) is 0. The number of rotatable bonds is 6. The molecule has 7 heteroatoms. The highest BCUT2D eigenvalue weighted by atomic mass is 19.1. The van der Waals surface area contributed by atoms with Crippen molar-refractivity contribution in [3.05, 3.63) is 35.4 Å². The lowest BCUT2D eigenvalue weighted by molar-refractivity contribution is -0.140. The average molecular weight is 366 g/mol. The number of carboxylic acid groups (broad SMARTS) is 1. The van der Waals surface area contributed by atoms with Gasteiger partial charge in [-0.3, -0.25) is 14.5 Å². The first-order chi connectivity index (χ1) is 12.4. The predicted molar refractivity (Wildman–Crippen MR) is 91.7 cm³/mol. The molecular weight excluding hydrogens is 342 g/mol. The summed E-state index contributed by atoms with van der Waals surface area (Å²) >= 11 is 0. The molecule has 1 saturated carbocycles. The van der Waals surface area contributed by atoms with E-state index in [1.54, 1.807) is 4.90 Å². The number of hydrogen-bond donors (Lipinski definition) is 1. The van der Waals surface area contributed by atoms with Crippen molar-refractivity contribution in [3.8, 4) is 0 Å². The maximum atomic E-state index is 13.9. The van der Waals surface area contributed by atoms with Gasteiger partial charge in [-0.1, -0.05) is 13.0 Å². The number of carbonyl (C=O) groups is 2. The molecule has 2 aliphatic rings. The Hall–Kier alpha value is -2.02. The van der Waals surface area contributed by atoms with E-state index in [9.17, 15) is 18.4 Å². The molecule has 1 aliphatic heterocycles.